The molecule has 1 N–H and O–H groups in total. The molecule has 0 bridgehead atoms. The maximum atomic E-state index is 11.4. The van der Waals surface area contributed by atoms with E-state index in [9.17, 15) is 9.59 Å². The maximum Gasteiger partial charge on any atom is 0.290 e. The lowest BCUT2D eigenvalue weighted by molar-refractivity contribution is -0.115. The second kappa shape index (κ2) is 4.19. The minimum absolute atomic E-state index is 0.281. The van der Waals surface area contributed by atoms with Crippen molar-refractivity contribution in [1.82, 2.24) is 10.2 Å². The van der Waals surface area contributed by atoms with Crippen LogP contribution in [0.4, 0.5) is 4.79 Å². The van der Waals surface area contributed by atoms with Gasteiger partial charge in [-0.3, -0.25) is 14.9 Å². The van der Waals surface area contributed by atoms with Crippen LogP contribution < -0.4 is 5.32 Å². The van der Waals surface area contributed by atoms with E-state index in [2.05, 4.69) is 21.7 Å². The summed E-state index contributed by atoms with van der Waals surface area (Å²) >= 11 is 2.76. The molecule has 1 saturated heterocycles. The number of hydrogen-bond acceptors (Lipinski definition) is 5. The van der Waals surface area contributed by atoms with Gasteiger partial charge in [-0.05, 0) is 35.2 Å². The lowest BCUT2D eigenvalue weighted by Gasteiger charge is -2.25. The van der Waals surface area contributed by atoms with Crippen LogP contribution in [0.2, 0.25) is 0 Å². The quantitative estimate of drug-likeness (QED) is 0.789. The Morgan fingerprint density at radius 1 is 1.41 bits per heavy atom. The maximum absolute atomic E-state index is 11.4. The molecule has 1 aromatic heterocycles. The number of amides is 2. The Hall–Kier alpha value is -1.27. The number of nitrogens with zero attached hydrogens (tertiary/aromatic N) is 1. The molecular formula is C11H10N2O2S2. The van der Waals surface area contributed by atoms with E-state index in [-0.39, 0.29) is 11.1 Å². The highest BCUT2D eigenvalue weighted by Crippen LogP contribution is 2.27. The minimum atomic E-state index is -0.283. The predicted molar refractivity (Wildman–Crippen MR) is 67.6 cm³/mol. The molecule has 3 rings (SSSR count). The van der Waals surface area contributed by atoms with Gasteiger partial charge in [0.15, 0.2) is 0 Å². The highest BCUT2D eigenvalue weighted by molar-refractivity contribution is 8.18. The third-order valence-corrected chi connectivity index (χ3v) is 4.60. The van der Waals surface area contributed by atoms with E-state index in [1.54, 1.807) is 17.5 Å². The van der Waals surface area contributed by atoms with Crippen LogP contribution in [0.3, 0.4) is 0 Å². The molecule has 0 unspecified atom stereocenters. The van der Waals surface area contributed by atoms with Crippen molar-refractivity contribution in [2.75, 3.05) is 6.54 Å². The molecule has 0 aromatic carbocycles. The molecular weight excluding hydrogens is 256 g/mol. The Bertz CT molecular complexity index is 521. The first-order valence-corrected chi connectivity index (χ1v) is 6.96. The lowest BCUT2D eigenvalue weighted by Crippen LogP contribution is -2.26. The van der Waals surface area contributed by atoms with E-state index >= 15 is 0 Å². The largest absolute Gasteiger partial charge is 0.372 e. The summed E-state index contributed by atoms with van der Waals surface area (Å²) in [5, 5.41) is 4.08. The Kier molecular flexibility index (Phi) is 2.68. The van der Waals surface area contributed by atoms with Gasteiger partial charge in [-0.2, -0.15) is 0 Å². The van der Waals surface area contributed by atoms with Crippen molar-refractivity contribution < 1.29 is 9.59 Å². The first-order chi connectivity index (χ1) is 8.22. The molecule has 0 atom stereocenters. The van der Waals surface area contributed by atoms with E-state index in [1.807, 2.05) is 0 Å². The fourth-order valence-corrected chi connectivity index (χ4v) is 3.54. The molecule has 2 amide bonds. The summed E-state index contributed by atoms with van der Waals surface area (Å²) in [7, 11) is 0. The van der Waals surface area contributed by atoms with Crippen LogP contribution in [0, 0.1) is 0 Å². The van der Waals surface area contributed by atoms with Crippen LogP contribution in [-0.4, -0.2) is 22.6 Å². The molecule has 1 fully saturated rings. The van der Waals surface area contributed by atoms with Crippen LogP contribution in [0.5, 0.6) is 0 Å². The van der Waals surface area contributed by atoms with Crippen LogP contribution in [-0.2, 0) is 17.8 Å². The Balaban J connectivity index is 1.78. The smallest absolute Gasteiger partial charge is 0.290 e. The third kappa shape index (κ3) is 2.10. The summed E-state index contributed by atoms with van der Waals surface area (Å²) in [5.74, 6) is -0.281. The average molecular weight is 266 g/mol. The van der Waals surface area contributed by atoms with Gasteiger partial charge in [0.25, 0.3) is 11.1 Å². The molecule has 2 aliphatic rings. The van der Waals surface area contributed by atoms with Crippen LogP contribution in [0.15, 0.2) is 22.6 Å². The van der Waals surface area contributed by atoms with Crippen molar-refractivity contribution in [2.45, 2.75) is 13.0 Å². The van der Waals surface area contributed by atoms with E-state index in [0.717, 1.165) is 31.3 Å². The summed E-state index contributed by atoms with van der Waals surface area (Å²) in [6.07, 6.45) is 2.81. The minimum Gasteiger partial charge on any atom is -0.372 e. The number of nitrogens with one attached hydrogen (secondary N) is 1. The zero-order valence-corrected chi connectivity index (χ0v) is 10.6. The number of rotatable bonds is 1. The molecule has 0 spiro atoms. The molecule has 0 saturated carbocycles. The van der Waals surface area contributed by atoms with Gasteiger partial charge in [-0.15, -0.1) is 11.3 Å². The third-order valence-electron chi connectivity index (χ3n) is 2.78. The first-order valence-electron chi connectivity index (χ1n) is 5.26. The van der Waals surface area contributed by atoms with Crippen molar-refractivity contribution in [3.05, 3.63) is 33.0 Å². The van der Waals surface area contributed by atoms with Gasteiger partial charge in [0.1, 0.15) is 0 Å². The molecule has 0 aliphatic carbocycles. The molecule has 4 nitrogen and oxygen atoms in total. The van der Waals surface area contributed by atoms with E-state index in [4.69, 9.17) is 0 Å². The summed E-state index contributed by atoms with van der Waals surface area (Å²) in [6.45, 7) is 1.73. The normalized spacial score (nSPS) is 21.9. The number of fused-ring (bicyclic) bond motifs is 1. The number of thioether (sulfide) groups is 1. The molecule has 0 radical (unpaired) electrons. The Morgan fingerprint density at radius 2 is 2.29 bits per heavy atom. The number of thiophene rings is 1. The SMILES string of the molecule is O=C1NC(=O)/C(=C/N2CCc3sccc3C2)S1. The number of carbonyl (C=O) groups is 2. The lowest BCUT2D eigenvalue weighted by atomic mass is 10.1. The number of hydrogen-bond donors (Lipinski definition) is 1. The van der Waals surface area contributed by atoms with Crippen molar-refractivity contribution in [2.24, 2.45) is 0 Å². The van der Waals surface area contributed by atoms with Gasteiger partial charge < -0.3 is 4.90 Å². The van der Waals surface area contributed by atoms with Crippen LogP contribution in [0.1, 0.15) is 10.4 Å². The molecule has 3 heterocycles. The van der Waals surface area contributed by atoms with E-state index in [0.29, 0.717) is 4.91 Å². The van der Waals surface area contributed by atoms with Crippen molar-refractivity contribution in [1.29, 1.82) is 0 Å². The fraction of sp³-hybridized carbons (Fsp3) is 0.273. The number of carbonyl (C=O) groups excluding carboxylic acids is 2. The molecule has 1 aromatic rings. The Morgan fingerprint density at radius 3 is 3.06 bits per heavy atom. The average Bonchev–Trinajstić information content (AvgIpc) is 2.85. The standard InChI is InChI=1S/C11H10N2O2S2/c14-10-9(17-11(15)12-10)6-13-3-1-8-7(5-13)2-4-16-8/h2,4,6H,1,3,5H2,(H,12,14,15)/b9-6-. The van der Waals surface area contributed by atoms with Crippen molar-refractivity contribution in [3.8, 4) is 0 Å². The van der Waals surface area contributed by atoms with Crippen molar-refractivity contribution in [3.63, 3.8) is 0 Å². The fourth-order valence-electron chi connectivity index (χ4n) is 1.96. The molecule has 88 valence electrons. The van der Waals surface area contributed by atoms with Gasteiger partial charge in [-0.1, -0.05) is 0 Å². The Labute approximate surface area is 107 Å². The highest BCUT2D eigenvalue weighted by atomic mass is 32.2. The number of imide groups is 1. The summed E-state index contributed by atoms with van der Waals surface area (Å²) < 4.78 is 0. The zero-order chi connectivity index (χ0) is 11.8. The summed E-state index contributed by atoms with van der Waals surface area (Å²) in [6, 6.07) is 2.12. The van der Waals surface area contributed by atoms with Gasteiger partial charge >= 0.3 is 0 Å². The summed E-state index contributed by atoms with van der Waals surface area (Å²) in [5.41, 5.74) is 1.33. The van der Waals surface area contributed by atoms with E-state index in [1.165, 1.54) is 10.4 Å². The highest BCUT2D eigenvalue weighted by Gasteiger charge is 2.26. The monoisotopic (exact) mass is 266 g/mol. The van der Waals surface area contributed by atoms with Gasteiger partial charge in [0.2, 0.25) is 0 Å². The molecule has 2 aliphatic heterocycles. The van der Waals surface area contributed by atoms with E-state index < -0.39 is 0 Å². The van der Waals surface area contributed by atoms with Crippen LogP contribution in [0.25, 0.3) is 0 Å². The topological polar surface area (TPSA) is 49.4 Å². The van der Waals surface area contributed by atoms with Gasteiger partial charge in [0.05, 0.1) is 4.91 Å². The molecule has 17 heavy (non-hydrogen) atoms. The van der Waals surface area contributed by atoms with Crippen LogP contribution >= 0.6 is 23.1 Å². The first kappa shape index (κ1) is 10.9. The zero-order valence-electron chi connectivity index (χ0n) is 8.93. The van der Waals surface area contributed by atoms with Crippen molar-refractivity contribution >= 4 is 34.2 Å². The van der Waals surface area contributed by atoms with Gasteiger partial charge in [0, 0.05) is 24.2 Å². The predicted octanol–water partition coefficient (Wildman–Crippen LogP) is 1.93. The van der Waals surface area contributed by atoms with Gasteiger partial charge in [-0.25, -0.2) is 0 Å². The summed E-state index contributed by atoms with van der Waals surface area (Å²) in [4.78, 5) is 26.5. The molecule has 6 heteroatoms. The second-order valence-corrected chi connectivity index (χ2v) is 5.94. The second-order valence-electron chi connectivity index (χ2n) is 3.93.